The Labute approximate surface area is 115 Å². The van der Waals surface area contributed by atoms with Crippen LogP contribution in [0.25, 0.3) is 17.0 Å². The number of rotatable bonds is 3. The van der Waals surface area contributed by atoms with Gasteiger partial charge in [0.15, 0.2) is 0 Å². The minimum Gasteiger partial charge on any atom is -0.465 e. The van der Waals surface area contributed by atoms with Gasteiger partial charge in [-0.25, -0.2) is 0 Å². The molecule has 3 aromatic rings. The zero-order valence-electron chi connectivity index (χ0n) is 10.6. The third kappa shape index (κ3) is 2.59. The van der Waals surface area contributed by atoms with Crippen LogP contribution in [0.3, 0.4) is 0 Å². The van der Waals surface area contributed by atoms with Crippen LogP contribution in [0, 0.1) is 0 Å². The molecule has 98 valence electrons. The Bertz CT molecular complexity index is 756. The number of pyridine rings is 1. The molecule has 0 bridgehead atoms. The van der Waals surface area contributed by atoms with E-state index in [1.54, 1.807) is 30.7 Å². The molecule has 1 amide bonds. The highest BCUT2D eigenvalue weighted by Crippen LogP contribution is 2.21. The molecule has 0 aliphatic rings. The number of nitrogens with one attached hydrogen (secondary N) is 1. The van der Waals surface area contributed by atoms with E-state index in [9.17, 15) is 4.79 Å². The summed E-state index contributed by atoms with van der Waals surface area (Å²) < 4.78 is 5.13. The van der Waals surface area contributed by atoms with Gasteiger partial charge in [0.25, 0.3) is 0 Å². The molecule has 2 aromatic heterocycles. The first kappa shape index (κ1) is 12.2. The maximum atomic E-state index is 11.9. The zero-order chi connectivity index (χ0) is 13.8. The van der Waals surface area contributed by atoms with Crippen LogP contribution >= 0.6 is 0 Å². The summed E-state index contributed by atoms with van der Waals surface area (Å²) in [6.45, 7) is 0. The van der Waals surface area contributed by atoms with E-state index in [0.29, 0.717) is 5.76 Å². The van der Waals surface area contributed by atoms with Crippen molar-refractivity contribution in [2.75, 3.05) is 5.32 Å². The molecule has 0 spiro atoms. The molecular formula is C16H12N2O2. The lowest BCUT2D eigenvalue weighted by Crippen LogP contribution is -2.08. The number of hydrogen-bond donors (Lipinski definition) is 1. The summed E-state index contributed by atoms with van der Waals surface area (Å²) in [6, 6.07) is 12.9. The second kappa shape index (κ2) is 5.40. The molecule has 0 aliphatic heterocycles. The molecule has 20 heavy (non-hydrogen) atoms. The summed E-state index contributed by atoms with van der Waals surface area (Å²) in [6.07, 6.45) is 6.35. The number of benzene rings is 1. The molecule has 0 aliphatic carbocycles. The number of hydrogen-bond acceptors (Lipinski definition) is 3. The number of furan rings is 1. The molecule has 4 nitrogen and oxygen atoms in total. The van der Waals surface area contributed by atoms with Crippen molar-refractivity contribution in [3.05, 3.63) is 66.8 Å². The van der Waals surface area contributed by atoms with E-state index in [1.807, 2.05) is 30.3 Å². The topological polar surface area (TPSA) is 55.1 Å². The van der Waals surface area contributed by atoms with Crippen molar-refractivity contribution in [1.82, 2.24) is 4.98 Å². The average Bonchev–Trinajstić information content (AvgIpc) is 2.99. The van der Waals surface area contributed by atoms with Crippen molar-refractivity contribution in [1.29, 1.82) is 0 Å². The van der Waals surface area contributed by atoms with Gasteiger partial charge in [0.2, 0.25) is 5.91 Å². The largest absolute Gasteiger partial charge is 0.465 e. The van der Waals surface area contributed by atoms with Crippen LogP contribution in [-0.4, -0.2) is 10.9 Å². The van der Waals surface area contributed by atoms with Crippen molar-refractivity contribution in [2.24, 2.45) is 0 Å². The highest BCUT2D eigenvalue weighted by molar-refractivity contribution is 6.06. The van der Waals surface area contributed by atoms with Crippen LogP contribution in [-0.2, 0) is 4.79 Å². The van der Waals surface area contributed by atoms with Gasteiger partial charge in [0, 0.05) is 17.7 Å². The van der Waals surface area contributed by atoms with Gasteiger partial charge in [-0.3, -0.25) is 9.78 Å². The summed E-state index contributed by atoms with van der Waals surface area (Å²) in [7, 11) is 0. The highest BCUT2D eigenvalue weighted by Gasteiger charge is 2.03. The number of nitrogens with zero attached hydrogens (tertiary/aromatic N) is 1. The third-order valence-corrected chi connectivity index (χ3v) is 2.85. The predicted octanol–water partition coefficient (Wildman–Crippen LogP) is 3.48. The summed E-state index contributed by atoms with van der Waals surface area (Å²) in [4.78, 5) is 16.1. The first-order chi connectivity index (χ1) is 9.83. The van der Waals surface area contributed by atoms with Crippen molar-refractivity contribution in [3.8, 4) is 0 Å². The third-order valence-electron chi connectivity index (χ3n) is 2.85. The average molecular weight is 264 g/mol. The van der Waals surface area contributed by atoms with E-state index < -0.39 is 0 Å². The van der Waals surface area contributed by atoms with E-state index >= 15 is 0 Å². The quantitative estimate of drug-likeness (QED) is 0.737. The summed E-state index contributed by atoms with van der Waals surface area (Å²) >= 11 is 0. The van der Waals surface area contributed by atoms with Crippen LogP contribution in [0.4, 0.5) is 5.69 Å². The number of aromatic nitrogens is 1. The highest BCUT2D eigenvalue weighted by atomic mass is 16.3. The fourth-order valence-corrected chi connectivity index (χ4v) is 1.93. The van der Waals surface area contributed by atoms with Crippen LogP contribution in [0.2, 0.25) is 0 Å². The molecule has 0 fully saturated rings. The fourth-order valence-electron chi connectivity index (χ4n) is 1.93. The minimum atomic E-state index is -0.210. The molecule has 3 rings (SSSR count). The fraction of sp³-hybridized carbons (Fsp3) is 0. The van der Waals surface area contributed by atoms with Gasteiger partial charge in [-0.2, -0.15) is 0 Å². The molecule has 1 N–H and O–H groups in total. The Kier molecular flexibility index (Phi) is 3.29. The van der Waals surface area contributed by atoms with E-state index in [0.717, 1.165) is 16.6 Å². The van der Waals surface area contributed by atoms with Crippen molar-refractivity contribution in [2.45, 2.75) is 0 Å². The van der Waals surface area contributed by atoms with E-state index in [-0.39, 0.29) is 5.91 Å². The number of amides is 1. The first-order valence-electron chi connectivity index (χ1n) is 6.19. The number of anilines is 1. The van der Waals surface area contributed by atoms with Crippen molar-refractivity contribution in [3.63, 3.8) is 0 Å². The monoisotopic (exact) mass is 264 g/mol. The molecule has 1 aromatic carbocycles. The normalized spacial score (nSPS) is 11.0. The number of carbonyl (C=O) groups excluding carboxylic acids is 1. The molecule has 0 saturated heterocycles. The first-order valence-corrected chi connectivity index (χ1v) is 6.19. The molecule has 4 heteroatoms. The van der Waals surface area contributed by atoms with Gasteiger partial charge in [-0.15, -0.1) is 0 Å². The SMILES string of the molecule is O=C(C=Cc1ccco1)Nc1cccc2ncccc12. The summed E-state index contributed by atoms with van der Waals surface area (Å²) in [5.41, 5.74) is 1.59. The molecule has 0 atom stereocenters. The second-order valence-corrected chi connectivity index (χ2v) is 4.21. The van der Waals surface area contributed by atoms with Gasteiger partial charge < -0.3 is 9.73 Å². The summed E-state index contributed by atoms with van der Waals surface area (Å²) in [5, 5.41) is 3.75. The van der Waals surface area contributed by atoms with Gasteiger partial charge in [-0.1, -0.05) is 6.07 Å². The van der Waals surface area contributed by atoms with E-state index in [4.69, 9.17) is 4.42 Å². The standard InChI is InChI=1S/C16H12N2O2/c19-16(9-8-12-4-3-11-20-12)18-15-7-1-6-14-13(15)5-2-10-17-14/h1-11H,(H,18,19). The van der Waals surface area contributed by atoms with Gasteiger partial charge in [0.1, 0.15) is 5.76 Å². The van der Waals surface area contributed by atoms with E-state index in [2.05, 4.69) is 10.3 Å². The Morgan fingerprint density at radius 2 is 2.10 bits per heavy atom. The lowest BCUT2D eigenvalue weighted by Gasteiger charge is -2.05. The van der Waals surface area contributed by atoms with Crippen molar-refractivity contribution < 1.29 is 9.21 Å². The van der Waals surface area contributed by atoms with Crippen LogP contribution < -0.4 is 5.32 Å². The van der Waals surface area contributed by atoms with Gasteiger partial charge >= 0.3 is 0 Å². The van der Waals surface area contributed by atoms with Gasteiger partial charge in [0.05, 0.1) is 17.5 Å². The lowest BCUT2D eigenvalue weighted by atomic mass is 10.2. The molecule has 0 radical (unpaired) electrons. The Morgan fingerprint density at radius 1 is 1.15 bits per heavy atom. The Hall–Kier alpha value is -2.88. The van der Waals surface area contributed by atoms with Gasteiger partial charge in [-0.05, 0) is 42.5 Å². The molecular weight excluding hydrogens is 252 g/mol. The molecule has 0 unspecified atom stereocenters. The smallest absolute Gasteiger partial charge is 0.248 e. The van der Waals surface area contributed by atoms with Crippen LogP contribution in [0.5, 0.6) is 0 Å². The Balaban J connectivity index is 1.81. The summed E-state index contributed by atoms with van der Waals surface area (Å²) in [5.74, 6) is 0.428. The van der Waals surface area contributed by atoms with Crippen molar-refractivity contribution >= 4 is 28.6 Å². The van der Waals surface area contributed by atoms with Crippen LogP contribution in [0.15, 0.2) is 65.4 Å². The Morgan fingerprint density at radius 3 is 2.95 bits per heavy atom. The maximum Gasteiger partial charge on any atom is 0.248 e. The van der Waals surface area contributed by atoms with Crippen LogP contribution in [0.1, 0.15) is 5.76 Å². The maximum absolute atomic E-state index is 11.9. The van der Waals surface area contributed by atoms with E-state index in [1.165, 1.54) is 6.08 Å². The number of carbonyl (C=O) groups is 1. The lowest BCUT2D eigenvalue weighted by molar-refractivity contribution is -0.111. The second-order valence-electron chi connectivity index (χ2n) is 4.21. The zero-order valence-corrected chi connectivity index (χ0v) is 10.6. The minimum absolute atomic E-state index is 0.210. The molecule has 0 saturated carbocycles. The predicted molar refractivity (Wildman–Crippen MR) is 78.1 cm³/mol. The molecule has 2 heterocycles. The number of fused-ring (bicyclic) bond motifs is 1.